The predicted molar refractivity (Wildman–Crippen MR) is 71.9 cm³/mol. The van der Waals surface area contributed by atoms with Gasteiger partial charge in [0.25, 0.3) is 0 Å². The van der Waals surface area contributed by atoms with Crippen molar-refractivity contribution in [3.8, 4) is 11.3 Å². The zero-order chi connectivity index (χ0) is 12.5. The highest BCUT2D eigenvalue weighted by Crippen LogP contribution is 2.28. The summed E-state index contributed by atoms with van der Waals surface area (Å²) >= 11 is 0. The van der Waals surface area contributed by atoms with Crippen molar-refractivity contribution in [2.75, 3.05) is 0 Å². The number of hydrogen-bond acceptors (Lipinski definition) is 1. The minimum atomic E-state index is -0.232. The molecule has 2 heteroatoms. The van der Waals surface area contributed by atoms with Crippen LogP contribution < -0.4 is 0 Å². The first-order valence-corrected chi connectivity index (χ1v) is 5.86. The second-order valence-electron chi connectivity index (χ2n) is 4.36. The third kappa shape index (κ3) is 1.76. The number of rotatable bonds is 1. The fourth-order valence-corrected chi connectivity index (χ4v) is 2.15. The van der Waals surface area contributed by atoms with E-state index >= 15 is 0 Å². The third-order valence-corrected chi connectivity index (χ3v) is 3.05. The van der Waals surface area contributed by atoms with Gasteiger partial charge in [0.2, 0.25) is 0 Å². The average Bonchev–Trinajstić information content (AvgIpc) is 2.41. The Morgan fingerprint density at radius 1 is 1.00 bits per heavy atom. The number of hydrogen-bond donors (Lipinski definition) is 0. The zero-order valence-electron chi connectivity index (χ0n) is 10.0. The van der Waals surface area contributed by atoms with E-state index in [0.29, 0.717) is 11.3 Å². The molecule has 0 unspecified atom stereocenters. The summed E-state index contributed by atoms with van der Waals surface area (Å²) in [6, 6.07) is 14.9. The second kappa shape index (κ2) is 4.22. The van der Waals surface area contributed by atoms with E-state index in [-0.39, 0.29) is 5.82 Å². The Hall–Kier alpha value is -2.22. The summed E-state index contributed by atoms with van der Waals surface area (Å²) in [4.78, 5) is 4.34. The van der Waals surface area contributed by atoms with Gasteiger partial charge in [-0.1, -0.05) is 35.9 Å². The lowest BCUT2D eigenvalue weighted by Gasteiger charge is -2.07. The number of nitrogens with zero attached hydrogens (tertiary/aromatic N) is 1. The van der Waals surface area contributed by atoms with Gasteiger partial charge in [0.15, 0.2) is 0 Å². The van der Waals surface area contributed by atoms with E-state index in [4.69, 9.17) is 0 Å². The van der Waals surface area contributed by atoms with Gasteiger partial charge < -0.3 is 0 Å². The third-order valence-electron chi connectivity index (χ3n) is 3.05. The normalized spacial score (nSPS) is 10.8. The van der Waals surface area contributed by atoms with Gasteiger partial charge in [-0.15, -0.1) is 0 Å². The van der Waals surface area contributed by atoms with Crippen molar-refractivity contribution in [1.82, 2.24) is 4.98 Å². The Bertz CT molecular complexity index is 714. The second-order valence-corrected chi connectivity index (χ2v) is 4.36. The average molecular weight is 237 g/mol. The van der Waals surface area contributed by atoms with Crippen LogP contribution in [0.3, 0.4) is 0 Å². The molecular formula is C16H12FN. The zero-order valence-corrected chi connectivity index (χ0v) is 10.0. The fraction of sp³-hybridized carbons (Fsp3) is 0.0625. The first-order chi connectivity index (χ1) is 8.75. The Labute approximate surface area is 105 Å². The van der Waals surface area contributed by atoms with Gasteiger partial charge >= 0.3 is 0 Å². The molecule has 0 saturated heterocycles. The molecule has 0 fully saturated rings. The summed E-state index contributed by atoms with van der Waals surface area (Å²) in [6.45, 7) is 1.95. The smallest absolute Gasteiger partial charge is 0.132 e. The van der Waals surface area contributed by atoms with E-state index < -0.39 is 0 Å². The van der Waals surface area contributed by atoms with Crippen LogP contribution in [0.5, 0.6) is 0 Å². The van der Waals surface area contributed by atoms with Crippen LogP contribution in [0.15, 0.2) is 54.7 Å². The molecule has 3 aromatic rings. The summed E-state index contributed by atoms with van der Waals surface area (Å²) in [5, 5.41) is 2.05. The van der Waals surface area contributed by atoms with E-state index in [9.17, 15) is 4.39 Å². The molecule has 0 spiro atoms. The molecule has 1 aromatic heterocycles. The summed E-state index contributed by atoms with van der Waals surface area (Å²) in [5.74, 6) is -0.232. The Morgan fingerprint density at radius 3 is 2.72 bits per heavy atom. The van der Waals surface area contributed by atoms with Crippen molar-refractivity contribution in [2.45, 2.75) is 6.92 Å². The molecule has 0 atom stereocenters. The molecule has 0 radical (unpaired) electrons. The number of pyridine rings is 1. The van der Waals surface area contributed by atoms with Gasteiger partial charge in [-0.05, 0) is 30.5 Å². The van der Waals surface area contributed by atoms with Crippen LogP contribution in [-0.4, -0.2) is 4.98 Å². The molecule has 3 rings (SSSR count). The first kappa shape index (κ1) is 10.9. The lowest BCUT2D eigenvalue weighted by molar-refractivity contribution is 0.630. The highest BCUT2D eigenvalue weighted by molar-refractivity contribution is 5.94. The Balaban J connectivity index is 2.35. The van der Waals surface area contributed by atoms with Crippen LogP contribution in [0.1, 0.15) is 5.56 Å². The molecule has 1 nitrogen and oxygen atoms in total. The topological polar surface area (TPSA) is 12.9 Å². The van der Waals surface area contributed by atoms with E-state index in [1.54, 1.807) is 12.3 Å². The Kier molecular flexibility index (Phi) is 2.56. The van der Waals surface area contributed by atoms with Crippen LogP contribution in [-0.2, 0) is 0 Å². The molecule has 2 aromatic carbocycles. The molecule has 0 aliphatic carbocycles. The highest BCUT2D eigenvalue weighted by atomic mass is 19.1. The lowest BCUT2D eigenvalue weighted by Crippen LogP contribution is -1.90. The first-order valence-electron chi connectivity index (χ1n) is 5.86. The van der Waals surface area contributed by atoms with Gasteiger partial charge in [0, 0.05) is 17.1 Å². The lowest BCUT2D eigenvalue weighted by atomic mass is 10.0. The molecular weight excluding hydrogens is 225 g/mol. The maximum absolute atomic E-state index is 13.9. The molecule has 0 bridgehead atoms. The van der Waals surface area contributed by atoms with Gasteiger partial charge in [0.05, 0.1) is 5.69 Å². The van der Waals surface area contributed by atoms with E-state index in [1.165, 1.54) is 6.07 Å². The number of aromatic nitrogens is 1. The minimum absolute atomic E-state index is 0.232. The van der Waals surface area contributed by atoms with Crippen molar-refractivity contribution in [3.05, 3.63) is 66.1 Å². The van der Waals surface area contributed by atoms with Gasteiger partial charge in [-0.3, -0.25) is 4.98 Å². The summed E-state index contributed by atoms with van der Waals surface area (Å²) in [7, 11) is 0. The van der Waals surface area contributed by atoms with Crippen LogP contribution in [0.25, 0.3) is 22.0 Å². The highest BCUT2D eigenvalue weighted by Gasteiger charge is 2.09. The number of halogens is 1. The minimum Gasteiger partial charge on any atom is -0.255 e. The van der Waals surface area contributed by atoms with Crippen LogP contribution in [0.2, 0.25) is 0 Å². The quantitative estimate of drug-likeness (QED) is 0.613. The number of fused-ring (bicyclic) bond motifs is 1. The molecule has 0 N–H and O–H groups in total. The number of benzene rings is 2. The maximum atomic E-state index is 13.9. The summed E-state index contributed by atoms with van der Waals surface area (Å²) in [5.41, 5.74) is 2.29. The van der Waals surface area contributed by atoms with Gasteiger partial charge in [-0.25, -0.2) is 4.39 Å². The van der Waals surface area contributed by atoms with Crippen LogP contribution in [0, 0.1) is 12.7 Å². The monoisotopic (exact) mass is 237 g/mol. The SMILES string of the molecule is Cc1ccc(F)c(-c2nccc3ccccc23)c1. The van der Waals surface area contributed by atoms with E-state index in [0.717, 1.165) is 16.3 Å². The molecule has 0 saturated carbocycles. The maximum Gasteiger partial charge on any atom is 0.132 e. The van der Waals surface area contributed by atoms with Crippen LogP contribution in [0.4, 0.5) is 4.39 Å². The Morgan fingerprint density at radius 2 is 1.83 bits per heavy atom. The standard InChI is InChI=1S/C16H12FN/c1-11-6-7-15(17)14(10-11)16-13-5-3-2-4-12(13)8-9-18-16/h2-10H,1H3. The summed E-state index contributed by atoms with van der Waals surface area (Å²) in [6.07, 6.45) is 1.72. The number of aryl methyl sites for hydroxylation is 1. The van der Waals surface area contributed by atoms with Crippen molar-refractivity contribution in [1.29, 1.82) is 0 Å². The largest absolute Gasteiger partial charge is 0.255 e. The molecule has 18 heavy (non-hydrogen) atoms. The van der Waals surface area contributed by atoms with E-state index in [1.807, 2.05) is 43.3 Å². The van der Waals surface area contributed by atoms with Gasteiger partial charge in [0.1, 0.15) is 5.82 Å². The summed E-state index contributed by atoms with van der Waals surface area (Å²) < 4.78 is 13.9. The van der Waals surface area contributed by atoms with Crippen molar-refractivity contribution in [2.24, 2.45) is 0 Å². The van der Waals surface area contributed by atoms with Crippen LogP contribution >= 0.6 is 0 Å². The molecule has 88 valence electrons. The van der Waals surface area contributed by atoms with Crippen molar-refractivity contribution in [3.63, 3.8) is 0 Å². The molecule has 0 aliphatic heterocycles. The molecule has 0 aliphatic rings. The predicted octanol–water partition coefficient (Wildman–Crippen LogP) is 4.35. The molecule has 1 heterocycles. The fourth-order valence-electron chi connectivity index (χ4n) is 2.15. The van der Waals surface area contributed by atoms with Gasteiger partial charge in [-0.2, -0.15) is 0 Å². The van der Waals surface area contributed by atoms with Crippen molar-refractivity contribution < 1.29 is 4.39 Å². The molecule has 0 amide bonds. The van der Waals surface area contributed by atoms with Crippen molar-refractivity contribution >= 4 is 10.8 Å². The van der Waals surface area contributed by atoms with E-state index in [2.05, 4.69) is 4.98 Å².